The Bertz CT molecular complexity index is 194. The summed E-state index contributed by atoms with van der Waals surface area (Å²) < 4.78 is 0. The molecule has 0 aromatic heterocycles. The standard InChI is InChI=1S/C13H27N/c1-12(2,3)8-9-10(11(9)14-7)13(4,5)6/h9-11,14H,8H2,1-7H3/t9-,10?,11?/m1/s1. The van der Waals surface area contributed by atoms with E-state index in [1.807, 2.05) is 0 Å². The van der Waals surface area contributed by atoms with Crippen molar-refractivity contribution >= 4 is 0 Å². The second kappa shape index (κ2) is 3.52. The van der Waals surface area contributed by atoms with E-state index in [0.29, 0.717) is 10.8 Å². The highest BCUT2D eigenvalue weighted by Gasteiger charge is 2.55. The molecule has 1 saturated carbocycles. The minimum Gasteiger partial charge on any atom is -0.316 e. The Labute approximate surface area is 89.7 Å². The van der Waals surface area contributed by atoms with Gasteiger partial charge in [-0.3, -0.25) is 0 Å². The van der Waals surface area contributed by atoms with Crippen LogP contribution in [0.2, 0.25) is 0 Å². The maximum atomic E-state index is 3.47. The number of hydrogen-bond donors (Lipinski definition) is 1. The maximum absolute atomic E-state index is 3.47. The van der Waals surface area contributed by atoms with Gasteiger partial charge in [-0.25, -0.2) is 0 Å². The zero-order valence-corrected chi connectivity index (χ0v) is 10.9. The van der Waals surface area contributed by atoms with Crippen LogP contribution in [0.4, 0.5) is 0 Å². The molecule has 0 spiro atoms. The molecule has 1 rings (SSSR count). The summed E-state index contributed by atoms with van der Waals surface area (Å²) in [6.07, 6.45) is 1.35. The van der Waals surface area contributed by atoms with Gasteiger partial charge < -0.3 is 5.32 Å². The third-order valence-electron chi connectivity index (χ3n) is 3.35. The normalized spacial score (nSPS) is 33.2. The second-order valence-corrected chi connectivity index (χ2v) is 7.13. The van der Waals surface area contributed by atoms with Gasteiger partial charge >= 0.3 is 0 Å². The summed E-state index contributed by atoms with van der Waals surface area (Å²) in [6.45, 7) is 14.1. The Morgan fingerprint density at radius 1 is 1.00 bits per heavy atom. The molecule has 1 N–H and O–H groups in total. The van der Waals surface area contributed by atoms with E-state index in [1.54, 1.807) is 0 Å². The molecule has 1 aliphatic carbocycles. The first-order valence-corrected chi connectivity index (χ1v) is 5.84. The van der Waals surface area contributed by atoms with Crippen molar-refractivity contribution in [3.63, 3.8) is 0 Å². The molecule has 0 aromatic carbocycles. The lowest BCUT2D eigenvalue weighted by atomic mass is 9.84. The van der Waals surface area contributed by atoms with E-state index in [2.05, 4.69) is 53.9 Å². The molecule has 84 valence electrons. The Morgan fingerprint density at radius 2 is 1.50 bits per heavy atom. The van der Waals surface area contributed by atoms with E-state index in [0.717, 1.165) is 17.9 Å². The van der Waals surface area contributed by atoms with E-state index in [1.165, 1.54) is 6.42 Å². The molecular formula is C13H27N. The van der Waals surface area contributed by atoms with Crippen molar-refractivity contribution < 1.29 is 0 Å². The van der Waals surface area contributed by atoms with E-state index < -0.39 is 0 Å². The quantitative estimate of drug-likeness (QED) is 0.716. The van der Waals surface area contributed by atoms with Crippen LogP contribution < -0.4 is 5.32 Å². The first-order chi connectivity index (χ1) is 6.17. The van der Waals surface area contributed by atoms with Gasteiger partial charge in [0.05, 0.1) is 0 Å². The largest absolute Gasteiger partial charge is 0.316 e. The average molecular weight is 197 g/mol. The molecule has 0 heterocycles. The van der Waals surface area contributed by atoms with Crippen LogP contribution in [-0.4, -0.2) is 13.1 Å². The third kappa shape index (κ3) is 2.73. The van der Waals surface area contributed by atoms with Gasteiger partial charge in [0.25, 0.3) is 0 Å². The van der Waals surface area contributed by atoms with E-state index in [4.69, 9.17) is 0 Å². The van der Waals surface area contributed by atoms with Crippen molar-refractivity contribution in [2.24, 2.45) is 22.7 Å². The Morgan fingerprint density at radius 3 is 1.71 bits per heavy atom. The van der Waals surface area contributed by atoms with Crippen molar-refractivity contribution in [1.82, 2.24) is 5.32 Å². The summed E-state index contributed by atoms with van der Waals surface area (Å²) >= 11 is 0. The fourth-order valence-electron chi connectivity index (χ4n) is 2.91. The molecule has 2 unspecified atom stereocenters. The molecular weight excluding hydrogens is 170 g/mol. The van der Waals surface area contributed by atoms with Crippen molar-refractivity contribution in [2.75, 3.05) is 7.05 Å². The van der Waals surface area contributed by atoms with Crippen molar-refractivity contribution in [1.29, 1.82) is 0 Å². The second-order valence-electron chi connectivity index (χ2n) is 7.13. The lowest BCUT2D eigenvalue weighted by Gasteiger charge is -2.21. The predicted octanol–water partition coefficient (Wildman–Crippen LogP) is 3.30. The van der Waals surface area contributed by atoms with Crippen LogP contribution in [0.25, 0.3) is 0 Å². The van der Waals surface area contributed by atoms with Crippen molar-refractivity contribution in [3.05, 3.63) is 0 Å². The summed E-state index contributed by atoms with van der Waals surface area (Å²) in [5.74, 6) is 1.76. The highest BCUT2D eigenvalue weighted by atomic mass is 15.0. The zero-order valence-electron chi connectivity index (χ0n) is 10.9. The summed E-state index contributed by atoms with van der Waals surface area (Å²) in [6, 6.07) is 0.759. The third-order valence-corrected chi connectivity index (χ3v) is 3.35. The Kier molecular flexibility index (Phi) is 3.02. The van der Waals surface area contributed by atoms with Gasteiger partial charge in [-0.1, -0.05) is 41.5 Å². The van der Waals surface area contributed by atoms with Crippen molar-refractivity contribution in [3.8, 4) is 0 Å². The van der Waals surface area contributed by atoms with Gasteiger partial charge in [0.2, 0.25) is 0 Å². The number of rotatable bonds is 2. The van der Waals surface area contributed by atoms with Crippen LogP contribution in [0.5, 0.6) is 0 Å². The minimum atomic E-state index is 0.462. The fraction of sp³-hybridized carbons (Fsp3) is 1.00. The summed E-state index contributed by atoms with van der Waals surface area (Å²) in [4.78, 5) is 0. The molecule has 0 aliphatic heterocycles. The van der Waals surface area contributed by atoms with Crippen molar-refractivity contribution in [2.45, 2.75) is 54.0 Å². The molecule has 0 saturated heterocycles. The summed E-state index contributed by atoms with van der Waals surface area (Å²) in [5.41, 5.74) is 0.934. The van der Waals surface area contributed by atoms with E-state index in [-0.39, 0.29) is 0 Å². The van der Waals surface area contributed by atoms with Gasteiger partial charge in [-0.2, -0.15) is 0 Å². The van der Waals surface area contributed by atoms with Gasteiger partial charge in [-0.05, 0) is 36.1 Å². The minimum absolute atomic E-state index is 0.462. The fourth-order valence-corrected chi connectivity index (χ4v) is 2.91. The molecule has 1 fully saturated rings. The van der Waals surface area contributed by atoms with Gasteiger partial charge in [0, 0.05) is 6.04 Å². The summed E-state index contributed by atoms with van der Waals surface area (Å²) in [7, 11) is 2.10. The molecule has 14 heavy (non-hydrogen) atoms. The Hall–Kier alpha value is -0.0400. The van der Waals surface area contributed by atoms with E-state index in [9.17, 15) is 0 Å². The molecule has 3 atom stereocenters. The van der Waals surface area contributed by atoms with Gasteiger partial charge in [-0.15, -0.1) is 0 Å². The topological polar surface area (TPSA) is 12.0 Å². The van der Waals surface area contributed by atoms with Crippen LogP contribution in [0.15, 0.2) is 0 Å². The highest BCUT2D eigenvalue weighted by molar-refractivity contribution is 5.08. The first-order valence-electron chi connectivity index (χ1n) is 5.84. The molecule has 0 aromatic rings. The van der Waals surface area contributed by atoms with Gasteiger partial charge in [0.15, 0.2) is 0 Å². The zero-order chi connectivity index (χ0) is 11.1. The molecule has 0 amide bonds. The predicted molar refractivity (Wildman–Crippen MR) is 63.4 cm³/mol. The van der Waals surface area contributed by atoms with E-state index >= 15 is 0 Å². The smallest absolute Gasteiger partial charge is 0.0132 e. The first kappa shape index (κ1) is 12.0. The van der Waals surface area contributed by atoms with Crippen LogP contribution in [0.3, 0.4) is 0 Å². The highest BCUT2D eigenvalue weighted by Crippen LogP contribution is 2.54. The number of hydrogen-bond acceptors (Lipinski definition) is 1. The van der Waals surface area contributed by atoms with Crippen LogP contribution in [0, 0.1) is 22.7 Å². The lowest BCUT2D eigenvalue weighted by Crippen LogP contribution is -2.18. The van der Waals surface area contributed by atoms with Crippen LogP contribution in [-0.2, 0) is 0 Å². The molecule has 1 nitrogen and oxygen atoms in total. The van der Waals surface area contributed by atoms with Crippen LogP contribution in [0.1, 0.15) is 48.0 Å². The lowest BCUT2D eigenvalue weighted by molar-refractivity contribution is 0.283. The monoisotopic (exact) mass is 197 g/mol. The SMILES string of the molecule is CNC1C(C(C)(C)C)[C@H]1CC(C)(C)C. The summed E-state index contributed by atoms with van der Waals surface area (Å²) in [5, 5.41) is 3.47. The number of nitrogens with one attached hydrogen (secondary N) is 1. The molecule has 1 heteroatoms. The molecule has 0 bridgehead atoms. The molecule has 0 radical (unpaired) electrons. The molecule has 1 aliphatic rings. The van der Waals surface area contributed by atoms with Gasteiger partial charge in [0.1, 0.15) is 0 Å². The van der Waals surface area contributed by atoms with Crippen LogP contribution >= 0.6 is 0 Å². The average Bonchev–Trinajstić information content (AvgIpc) is 2.56. The Balaban J connectivity index is 2.57. The maximum Gasteiger partial charge on any atom is 0.0132 e.